The number of hydrogen-bond donors (Lipinski definition) is 0. The second-order valence-electron chi connectivity index (χ2n) is 4.42. The highest BCUT2D eigenvalue weighted by molar-refractivity contribution is 6.55. The molecule has 0 atom stereocenters. The number of ether oxygens (including phenoxy) is 1. The summed E-state index contributed by atoms with van der Waals surface area (Å²) in [5, 5.41) is 0. The van der Waals surface area contributed by atoms with Gasteiger partial charge in [-0.1, -0.05) is 53.5 Å². The molecule has 0 saturated carbocycles. The van der Waals surface area contributed by atoms with Crippen molar-refractivity contribution in [1.29, 1.82) is 0 Å². The SMILES string of the molecule is Cc1cc(OCc2ccccc2)ccc1C(=O)C(Cl)Cl. The highest BCUT2D eigenvalue weighted by Gasteiger charge is 2.16. The molecule has 0 aliphatic rings. The number of alkyl halides is 2. The Morgan fingerprint density at radius 1 is 1.15 bits per heavy atom. The molecule has 4 heteroatoms. The van der Waals surface area contributed by atoms with Crippen molar-refractivity contribution in [2.24, 2.45) is 0 Å². The molecule has 2 nitrogen and oxygen atoms in total. The van der Waals surface area contributed by atoms with Crippen molar-refractivity contribution in [2.75, 3.05) is 0 Å². The third-order valence-electron chi connectivity index (χ3n) is 2.91. The fraction of sp³-hybridized carbons (Fsp3) is 0.188. The fourth-order valence-corrected chi connectivity index (χ4v) is 2.10. The third-order valence-corrected chi connectivity index (χ3v) is 3.31. The summed E-state index contributed by atoms with van der Waals surface area (Å²) in [5.74, 6) is 0.420. The molecule has 0 saturated heterocycles. The van der Waals surface area contributed by atoms with Crippen LogP contribution in [0.5, 0.6) is 5.75 Å². The third kappa shape index (κ3) is 3.75. The molecule has 0 N–H and O–H groups in total. The first-order chi connectivity index (χ1) is 9.58. The quantitative estimate of drug-likeness (QED) is 0.598. The van der Waals surface area contributed by atoms with E-state index in [-0.39, 0.29) is 5.78 Å². The Bertz CT molecular complexity index is 595. The van der Waals surface area contributed by atoms with Crippen LogP contribution in [0.2, 0.25) is 0 Å². The highest BCUT2D eigenvalue weighted by atomic mass is 35.5. The Labute approximate surface area is 128 Å². The Morgan fingerprint density at radius 2 is 1.85 bits per heavy atom. The minimum absolute atomic E-state index is 0.291. The second kappa shape index (κ2) is 6.78. The summed E-state index contributed by atoms with van der Waals surface area (Å²) in [7, 11) is 0. The molecule has 0 aromatic heterocycles. The molecule has 0 aliphatic carbocycles. The molecule has 2 aromatic carbocycles. The van der Waals surface area contributed by atoms with Crippen molar-refractivity contribution in [2.45, 2.75) is 18.4 Å². The van der Waals surface area contributed by atoms with Crippen LogP contribution in [0.3, 0.4) is 0 Å². The van der Waals surface area contributed by atoms with Gasteiger partial charge in [-0.2, -0.15) is 0 Å². The van der Waals surface area contributed by atoms with Gasteiger partial charge >= 0.3 is 0 Å². The summed E-state index contributed by atoms with van der Waals surface area (Å²) in [6, 6.07) is 15.1. The van der Waals surface area contributed by atoms with E-state index in [0.717, 1.165) is 11.1 Å². The van der Waals surface area contributed by atoms with Gasteiger partial charge in [0, 0.05) is 5.56 Å². The van der Waals surface area contributed by atoms with Gasteiger partial charge in [-0.15, -0.1) is 0 Å². The zero-order valence-electron chi connectivity index (χ0n) is 11.0. The van der Waals surface area contributed by atoms with Crippen LogP contribution in [-0.4, -0.2) is 10.6 Å². The molecule has 0 bridgehead atoms. The van der Waals surface area contributed by atoms with Gasteiger partial charge in [-0.25, -0.2) is 0 Å². The Balaban J connectivity index is 2.08. The van der Waals surface area contributed by atoms with E-state index in [1.54, 1.807) is 12.1 Å². The molecule has 20 heavy (non-hydrogen) atoms. The molecule has 0 unspecified atom stereocenters. The average molecular weight is 309 g/mol. The summed E-state index contributed by atoms with van der Waals surface area (Å²) >= 11 is 11.2. The lowest BCUT2D eigenvalue weighted by atomic mass is 10.1. The second-order valence-corrected chi connectivity index (χ2v) is 5.51. The zero-order valence-corrected chi connectivity index (χ0v) is 12.5. The van der Waals surface area contributed by atoms with Crippen LogP contribution in [-0.2, 0) is 6.61 Å². The van der Waals surface area contributed by atoms with Gasteiger partial charge in [0.1, 0.15) is 12.4 Å². The Morgan fingerprint density at radius 3 is 2.45 bits per heavy atom. The van der Waals surface area contributed by atoms with E-state index >= 15 is 0 Å². The largest absolute Gasteiger partial charge is 0.489 e. The van der Waals surface area contributed by atoms with E-state index in [1.165, 1.54) is 0 Å². The lowest BCUT2D eigenvalue weighted by Gasteiger charge is -2.10. The first-order valence-electron chi connectivity index (χ1n) is 6.17. The number of benzene rings is 2. The van der Waals surface area contributed by atoms with Crippen molar-refractivity contribution in [3.63, 3.8) is 0 Å². The van der Waals surface area contributed by atoms with Crippen LogP contribution in [0.4, 0.5) is 0 Å². The minimum atomic E-state index is -1.04. The van der Waals surface area contributed by atoms with Crippen molar-refractivity contribution >= 4 is 29.0 Å². The lowest BCUT2D eigenvalue weighted by molar-refractivity contribution is 0.101. The van der Waals surface area contributed by atoms with Crippen molar-refractivity contribution < 1.29 is 9.53 Å². The van der Waals surface area contributed by atoms with Gasteiger partial charge in [0.05, 0.1) is 0 Å². The number of rotatable bonds is 5. The zero-order chi connectivity index (χ0) is 14.5. The van der Waals surface area contributed by atoms with E-state index in [9.17, 15) is 4.79 Å². The first kappa shape index (κ1) is 14.9. The predicted octanol–water partition coefficient (Wildman–Crippen LogP) is 4.56. The molecule has 0 aliphatic heterocycles. The Kier molecular flexibility index (Phi) is 5.05. The summed E-state index contributed by atoms with van der Waals surface area (Å²) in [4.78, 5) is 10.7. The van der Waals surface area contributed by atoms with Crippen LogP contribution < -0.4 is 4.74 Å². The highest BCUT2D eigenvalue weighted by Crippen LogP contribution is 2.21. The summed E-state index contributed by atoms with van der Waals surface area (Å²) in [5.41, 5.74) is 2.41. The van der Waals surface area contributed by atoms with Gasteiger partial charge in [0.25, 0.3) is 0 Å². The topological polar surface area (TPSA) is 26.3 Å². The predicted molar refractivity (Wildman–Crippen MR) is 81.8 cm³/mol. The number of aryl methyl sites for hydroxylation is 1. The minimum Gasteiger partial charge on any atom is -0.489 e. The molecule has 0 fully saturated rings. The average Bonchev–Trinajstić information content (AvgIpc) is 2.45. The van der Waals surface area contributed by atoms with Gasteiger partial charge in [0.15, 0.2) is 10.6 Å². The number of carbonyl (C=O) groups excluding carboxylic acids is 1. The molecular formula is C16H14Cl2O2. The molecule has 0 heterocycles. The monoisotopic (exact) mass is 308 g/mol. The van der Waals surface area contributed by atoms with Gasteiger partial charge in [-0.05, 0) is 36.2 Å². The van der Waals surface area contributed by atoms with E-state index in [2.05, 4.69) is 0 Å². The molecule has 104 valence electrons. The van der Waals surface area contributed by atoms with Crippen LogP contribution >= 0.6 is 23.2 Å². The summed E-state index contributed by atoms with van der Waals surface area (Å²) in [6.07, 6.45) is 0. The molecule has 2 rings (SSSR count). The van der Waals surface area contributed by atoms with Crippen LogP contribution in [0.1, 0.15) is 21.5 Å². The molecule has 0 radical (unpaired) electrons. The maximum Gasteiger partial charge on any atom is 0.195 e. The number of ketones is 1. The van der Waals surface area contributed by atoms with Crippen LogP contribution in [0, 0.1) is 6.92 Å². The number of Topliss-reactive ketones (excluding diaryl/α,β-unsaturated/α-hetero) is 1. The van der Waals surface area contributed by atoms with Crippen molar-refractivity contribution in [1.82, 2.24) is 0 Å². The maximum absolute atomic E-state index is 11.8. The van der Waals surface area contributed by atoms with Crippen LogP contribution in [0.25, 0.3) is 0 Å². The Hall–Kier alpha value is -1.51. The number of hydrogen-bond acceptors (Lipinski definition) is 2. The van der Waals surface area contributed by atoms with Crippen molar-refractivity contribution in [3.05, 3.63) is 65.2 Å². The molecule has 0 spiro atoms. The molecule has 2 aromatic rings. The van der Waals surface area contributed by atoms with Gasteiger partial charge in [-0.3, -0.25) is 4.79 Å². The van der Waals surface area contributed by atoms with Gasteiger partial charge in [0.2, 0.25) is 0 Å². The number of halogens is 2. The van der Waals surface area contributed by atoms with E-state index < -0.39 is 4.84 Å². The maximum atomic E-state index is 11.8. The molecular weight excluding hydrogens is 295 g/mol. The van der Waals surface area contributed by atoms with Gasteiger partial charge < -0.3 is 4.74 Å². The van der Waals surface area contributed by atoms with E-state index in [0.29, 0.717) is 17.9 Å². The van der Waals surface area contributed by atoms with E-state index in [1.807, 2.05) is 43.3 Å². The normalized spacial score (nSPS) is 10.6. The fourth-order valence-electron chi connectivity index (χ4n) is 1.86. The number of carbonyl (C=O) groups is 1. The standard InChI is InChI=1S/C16H14Cl2O2/c1-11-9-13(7-8-14(11)15(19)16(17)18)20-10-12-5-3-2-4-6-12/h2-9,16H,10H2,1H3. The molecule has 0 amide bonds. The summed E-state index contributed by atoms with van der Waals surface area (Å²) < 4.78 is 5.69. The smallest absolute Gasteiger partial charge is 0.195 e. The lowest BCUT2D eigenvalue weighted by Crippen LogP contribution is -2.10. The van der Waals surface area contributed by atoms with Crippen LogP contribution in [0.15, 0.2) is 48.5 Å². The van der Waals surface area contributed by atoms with Crippen molar-refractivity contribution in [3.8, 4) is 5.75 Å². The first-order valence-corrected chi connectivity index (χ1v) is 7.05. The van der Waals surface area contributed by atoms with E-state index in [4.69, 9.17) is 27.9 Å². The summed E-state index contributed by atoms with van der Waals surface area (Å²) in [6.45, 7) is 2.32.